The molecule has 2 aromatic rings. The van der Waals surface area contributed by atoms with Crippen LogP contribution in [-0.2, 0) is 6.54 Å². The van der Waals surface area contributed by atoms with Gasteiger partial charge in [-0.1, -0.05) is 26.3 Å². The number of carbonyl (C=O) groups is 1. The maximum Gasteiger partial charge on any atom is 0.337 e. The molecule has 4 heteroatoms. The summed E-state index contributed by atoms with van der Waals surface area (Å²) < 4.78 is 2.23. The van der Waals surface area contributed by atoms with Crippen molar-refractivity contribution in [2.24, 2.45) is 5.92 Å². The van der Waals surface area contributed by atoms with Gasteiger partial charge in [-0.25, -0.2) is 9.78 Å². The second-order valence-corrected chi connectivity index (χ2v) is 6.01. The highest BCUT2D eigenvalue weighted by molar-refractivity contribution is 6.01. The van der Waals surface area contributed by atoms with E-state index >= 15 is 0 Å². The highest BCUT2D eigenvalue weighted by Crippen LogP contribution is 2.32. The Morgan fingerprint density at radius 2 is 2.20 bits per heavy atom. The van der Waals surface area contributed by atoms with Gasteiger partial charge in [-0.3, -0.25) is 0 Å². The van der Waals surface area contributed by atoms with Crippen LogP contribution in [0, 0.1) is 5.92 Å². The van der Waals surface area contributed by atoms with E-state index in [4.69, 9.17) is 0 Å². The zero-order chi connectivity index (χ0) is 14.3. The number of aromatic nitrogens is 2. The highest BCUT2D eigenvalue weighted by Gasteiger charge is 2.23. The van der Waals surface area contributed by atoms with Crippen molar-refractivity contribution in [3.63, 3.8) is 0 Å². The van der Waals surface area contributed by atoms with Crippen molar-refractivity contribution in [1.82, 2.24) is 9.55 Å². The van der Waals surface area contributed by atoms with Gasteiger partial charge in [0.15, 0.2) is 0 Å². The van der Waals surface area contributed by atoms with Gasteiger partial charge in [0.05, 0.1) is 11.1 Å². The minimum absolute atomic E-state index is 0.295. The molecule has 1 saturated carbocycles. The van der Waals surface area contributed by atoms with Gasteiger partial charge >= 0.3 is 5.97 Å². The van der Waals surface area contributed by atoms with E-state index in [-0.39, 0.29) is 0 Å². The number of imidazole rings is 1. The number of para-hydroxylation sites is 1. The molecule has 0 unspecified atom stereocenters. The lowest BCUT2D eigenvalue weighted by Gasteiger charge is -2.27. The van der Waals surface area contributed by atoms with Gasteiger partial charge in [0.1, 0.15) is 11.3 Å². The van der Waals surface area contributed by atoms with Gasteiger partial charge in [0, 0.05) is 12.5 Å². The number of nitrogens with zero attached hydrogens (tertiary/aromatic N) is 2. The summed E-state index contributed by atoms with van der Waals surface area (Å²) in [5, 5.41) is 9.31. The molecule has 4 nitrogen and oxygen atoms in total. The first-order valence-electron chi connectivity index (χ1n) is 7.30. The highest BCUT2D eigenvalue weighted by atomic mass is 16.4. The molecule has 106 valence electrons. The molecule has 0 radical (unpaired) electrons. The molecule has 0 spiro atoms. The smallest absolute Gasteiger partial charge is 0.337 e. The van der Waals surface area contributed by atoms with Crippen LogP contribution in [0.2, 0.25) is 0 Å². The Hall–Kier alpha value is -1.84. The number of rotatable bonds is 4. The van der Waals surface area contributed by atoms with Gasteiger partial charge in [-0.15, -0.1) is 0 Å². The van der Waals surface area contributed by atoms with Crippen LogP contribution in [0.5, 0.6) is 0 Å². The molecule has 0 aliphatic heterocycles. The third kappa shape index (κ3) is 2.09. The van der Waals surface area contributed by atoms with E-state index in [0.29, 0.717) is 17.0 Å². The molecule has 1 aromatic heterocycles. The Bertz CT molecular complexity index is 654. The fraction of sp³-hybridized carbons (Fsp3) is 0.500. The van der Waals surface area contributed by atoms with Crippen molar-refractivity contribution in [3.05, 3.63) is 29.6 Å². The minimum Gasteiger partial charge on any atom is -0.478 e. The molecular formula is C16H20N2O2. The number of hydrogen-bond donors (Lipinski definition) is 1. The Kier molecular flexibility index (Phi) is 3.24. The van der Waals surface area contributed by atoms with Crippen molar-refractivity contribution in [2.45, 2.75) is 45.6 Å². The fourth-order valence-electron chi connectivity index (χ4n) is 2.90. The molecular weight excluding hydrogens is 252 g/mol. The molecule has 1 fully saturated rings. The van der Waals surface area contributed by atoms with E-state index in [9.17, 15) is 9.90 Å². The van der Waals surface area contributed by atoms with Crippen LogP contribution in [0.25, 0.3) is 11.0 Å². The molecule has 0 amide bonds. The molecule has 0 bridgehead atoms. The van der Waals surface area contributed by atoms with E-state index in [1.54, 1.807) is 6.07 Å². The van der Waals surface area contributed by atoms with Crippen molar-refractivity contribution >= 4 is 17.0 Å². The Labute approximate surface area is 118 Å². The maximum atomic E-state index is 11.3. The molecule has 3 rings (SSSR count). The minimum atomic E-state index is -0.904. The number of benzene rings is 1. The van der Waals surface area contributed by atoms with Gasteiger partial charge in [0.2, 0.25) is 0 Å². The third-order valence-electron chi connectivity index (χ3n) is 4.22. The zero-order valence-corrected chi connectivity index (χ0v) is 12.0. The molecule has 1 aromatic carbocycles. The number of fused-ring (bicyclic) bond motifs is 1. The molecule has 1 N–H and O–H groups in total. The number of hydrogen-bond acceptors (Lipinski definition) is 2. The first-order valence-corrected chi connectivity index (χ1v) is 7.30. The van der Waals surface area contributed by atoms with Crippen molar-refractivity contribution in [2.75, 3.05) is 0 Å². The summed E-state index contributed by atoms with van der Waals surface area (Å²) in [6, 6.07) is 5.43. The molecule has 0 atom stereocenters. The van der Waals surface area contributed by atoms with Crippen LogP contribution in [0.15, 0.2) is 18.2 Å². The van der Waals surface area contributed by atoms with Crippen LogP contribution in [0.3, 0.4) is 0 Å². The second-order valence-electron chi connectivity index (χ2n) is 6.01. The lowest BCUT2D eigenvalue weighted by molar-refractivity contribution is 0.0699. The monoisotopic (exact) mass is 272 g/mol. The first-order chi connectivity index (χ1) is 9.58. The van der Waals surface area contributed by atoms with E-state index < -0.39 is 5.97 Å². The van der Waals surface area contributed by atoms with Crippen LogP contribution in [0.4, 0.5) is 0 Å². The summed E-state index contributed by atoms with van der Waals surface area (Å²) in [5.74, 6) is 1.11. The van der Waals surface area contributed by atoms with E-state index in [2.05, 4.69) is 23.4 Å². The summed E-state index contributed by atoms with van der Waals surface area (Å²) in [7, 11) is 0. The Morgan fingerprint density at radius 1 is 1.45 bits per heavy atom. The normalized spacial score (nSPS) is 15.8. The Balaban J connectivity index is 2.16. The van der Waals surface area contributed by atoms with Crippen LogP contribution < -0.4 is 0 Å². The lowest BCUT2D eigenvalue weighted by atomic mass is 9.85. The molecule has 1 aliphatic rings. The van der Waals surface area contributed by atoms with Gasteiger partial charge < -0.3 is 9.67 Å². The predicted molar refractivity (Wildman–Crippen MR) is 78.1 cm³/mol. The van der Waals surface area contributed by atoms with E-state index in [1.807, 2.05) is 12.1 Å². The van der Waals surface area contributed by atoms with Crippen molar-refractivity contribution in [1.29, 1.82) is 0 Å². The van der Waals surface area contributed by atoms with Crippen LogP contribution >= 0.6 is 0 Å². The standard InChI is InChI=1S/C16H20N2O2/c1-10(2)15-17-14-12(16(19)20)7-4-8-13(14)18(15)9-11-5-3-6-11/h4,7-8,10-11H,3,5-6,9H2,1-2H3,(H,19,20). The Morgan fingerprint density at radius 3 is 2.75 bits per heavy atom. The predicted octanol–water partition coefficient (Wildman–Crippen LogP) is 3.66. The average Bonchev–Trinajstić information content (AvgIpc) is 2.72. The summed E-state index contributed by atoms with van der Waals surface area (Å²) in [6.07, 6.45) is 3.86. The summed E-state index contributed by atoms with van der Waals surface area (Å²) >= 11 is 0. The number of carboxylic acids is 1. The quantitative estimate of drug-likeness (QED) is 0.924. The SMILES string of the molecule is CC(C)c1nc2c(C(=O)O)cccc2n1CC1CCC1. The number of aromatic carboxylic acids is 1. The van der Waals surface area contributed by atoms with Crippen LogP contribution in [0.1, 0.15) is 55.2 Å². The summed E-state index contributed by atoms with van der Waals surface area (Å²) in [5.41, 5.74) is 1.89. The summed E-state index contributed by atoms with van der Waals surface area (Å²) in [6.45, 7) is 5.19. The molecule has 20 heavy (non-hydrogen) atoms. The van der Waals surface area contributed by atoms with Crippen molar-refractivity contribution in [3.8, 4) is 0 Å². The average molecular weight is 272 g/mol. The number of carboxylic acid groups (broad SMARTS) is 1. The van der Waals surface area contributed by atoms with Gasteiger partial charge in [-0.05, 0) is 30.9 Å². The van der Waals surface area contributed by atoms with Crippen LogP contribution in [-0.4, -0.2) is 20.6 Å². The zero-order valence-electron chi connectivity index (χ0n) is 12.0. The van der Waals surface area contributed by atoms with Gasteiger partial charge in [0.25, 0.3) is 0 Å². The third-order valence-corrected chi connectivity index (χ3v) is 4.22. The lowest BCUT2D eigenvalue weighted by Crippen LogP contribution is -2.19. The van der Waals surface area contributed by atoms with E-state index in [0.717, 1.165) is 23.8 Å². The topological polar surface area (TPSA) is 55.1 Å². The second kappa shape index (κ2) is 4.93. The maximum absolute atomic E-state index is 11.3. The molecule has 1 heterocycles. The first kappa shape index (κ1) is 13.2. The van der Waals surface area contributed by atoms with E-state index in [1.165, 1.54) is 19.3 Å². The largest absolute Gasteiger partial charge is 0.478 e. The molecule has 0 saturated heterocycles. The van der Waals surface area contributed by atoms with Gasteiger partial charge in [-0.2, -0.15) is 0 Å². The summed E-state index contributed by atoms with van der Waals surface area (Å²) in [4.78, 5) is 16.0. The molecule has 1 aliphatic carbocycles. The fourth-order valence-corrected chi connectivity index (χ4v) is 2.90. The van der Waals surface area contributed by atoms with Crippen molar-refractivity contribution < 1.29 is 9.90 Å².